The molecule has 1 heterocycles. The van der Waals surface area contributed by atoms with Crippen molar-refractivity contribution in [3.63, 3.8) is 0 Å². The molecule has 19 heavy (non-hydrogen) atoms. The summed E-state index contributed by atoms with van der Waals surface area (Å²) in [5.41, 5.74) is 5.24. The molecule has 4 atom stereocenters. The van der Waals surface area contributed by atoms with Gasteiger partial charge in [0.1, 0.15) is 5.54 Å². The summed E-state index contributed by atoms with van der Waals surface area (Å²) in [4.78, 5) is 14.3. The zero-order valence-corrected chi connectivity index (χ0v) is 12.5. The number of rotatable bonds is 4. The summed E-state index contributed by atoms with van der Waals surface area (Å²) in [5, 5.41) is 0. The van der Waals surface area contributed by atoms with Crippen LogP contribution in [-0.4, -0.2) is 42.1 Å². The first-order chi connectivity index (χ1) is 8.95. The van der Waals surface area contributed by atoms with E-state index in [1.807, 2.05) is 0 Å². The highest BCUT2D eigenvalue weighted by Gasteiger charge is 2.40. The minimum atomic E-state index is -0.875. The molecule has 1 saturated heterocycles. The van der Waals surface area contributed by atoms with Gasteiger partial charge >= 0.3 is 5.97 Å². The molecule has 110 valence electrons. The molecule has 0 aromatic heterocycles. The van der Waals surface area contributed by atoms with Gasteiger partial charge in [0.15, 0.2) is 0 Å². The molecule has 0 amide bonds. The fourth-order valence-electron chi connectivity index (χ4n) is 4.09. The van der Waals surface area contributed by atoms with Crippen LogP contribution in [0.5, 0.6) is 0 Å². The van der Waals surface area contributed by atoms with E-state index in [4.69, 9.17) is 10.5 Å². The molecule has 4 heteroatoms. The van der Waals surface area contributed by atoms with Gasteiger partial charge in [-0.2, -0.15) is 0 Å². The Balaban J connectivity index is 1.99. The highest BCUT2D eigenvalue weighted by atomic mass is 16.5. The van der Waals surface area contributed by atoms with Crippen LogP contribution in [0.2, 0.25) is 0 Å². The number of methoxy groups -OCH3 is 1. The van der Waals surface area contributed by atoms with Gasteiger partial charge in [-0.1, -0.05) is 6.42 Å². The van der Waals surface area contributed by atoms with E-state index in [1.165, 1.54) is 39.2 Å². The first-order valence-corrected chi connectivity index (χ1v) is 7.59. The number of hydrogen-bond donors (Lipinski definition) is 1. The second kappa shape index (κ2) is 5.80. The van der Waals surface area contributed by atoms with E-state index in [0.717, 1.165) is 18.5 Å². The smallest absolute Gasteiger partial charge is 0.325 e. The first kappa shape index (κ1) is 14.8. The largest absolute Gasteiger partial charge is 0.468 e. The molecule has 0 radical (unpaired) electrons. The highest BCUT2D eigenvalue weighted by Crippen LogP contribution is 2.38. The van der Waals surface area contributed by atoms with Gasteiger partial charge in [-0.15, -0.1) is 0 Å². The van der Waals surface area contributed by atoms with E-state index >= 15 is 0 Å². The molecule has 0 aromatic rings. The van der Waals surface area contributed by atoms with Gasteiger partial charge in [-0.3, -0.25) is 9.69 Å². The Kier molecular flexibility index (Phi) is 4.51. The maximum atomic E-state index is 11.7. The maximum Gasteiger partial charge on any atom is 0.325 e. The molecule has 1 aliphatic carbocycles. The Labute approximate surface area is 116 Å². The van der Waals surface area contributed by atoms with Gasteiger partial charge < -0.3 is 10.5 Å². The second-order valence-electron chi connectivity index (χ2n) is 6.60. The fourth-order valence-corrected chi connectivity index (χ4v) is 4.09. The summed E-state index contributed by atoms with van der Waals surface area (Å²) in [6, 6.07) is 1.07. The van der Waals surface area contributed by atoms with Crippen molar-refractivity contribution in [2.75, 3.05) is 13.7 Å². The topological polar surface area (TPSA) is 55.6 Å². The molecule has 2 aliphatic rings. The van der Waals surface area contributed by atoms with Crippen LogP contribution in [-0.2, 0) is 9.53 Å². The Morgan fingerprint density at radius 2 is 2.11 bits per heavy atom. The second-order valence-corrected chi connectivity index (χ2v) is 6.60. The first-order valence-electron chi connectivity index (χ1n) is 7.59. The predicted octanol–water partition coefficient (Wildman–Crippen LogP) is 1.92. The third kappa shape index (κ3) is 3.11. The zero-order chi connectivity index (χ0) is 14.0. The van der Waals surface area contributed by atoms with Crippen molar-refractivity contribution in [1.82, 2.24) is 4.90 Å². The van der Waals surface area contributed by atoms with Crippen molar-refractivity contribution in [3.05, 3.63) is 0 Å². The van der Waals surface area contributed by atoms with Crippen LogP contribution in [0.15, 0.2) is 0 Å². The molecular formula is C15H28N2O2. The molecule has 1 saturated carbocycles. The van der Waals surface area contributed by atoms with E-state index in [-0.39, 0.29) is 5.97 Å². The van der Waals surface area contributed by atoms with E-state index in [1.54, 1.807) is 6.92 Å². The molecule has 2 N–H and O–H groups in total. The number of nitrogens with two attached hydrogens (primary N) is 1. The summed E-state index contributed by atoms with van der Waals surface area (Å²) >= 11 is 0. The summed E-state index contributed by atoms with van der Waals surface area (Å²) < 4.78 is 4.81. The van der Waals surface area contributed by atoms with E-state index in [2.05, 4.69) is 11.8 Å². The monoisotopic (exact) mass is 268 g/mol. The minimum absolute atomic E-state index is 0.306. The van der Waals surface area contributed by atoms with Crippen molar-refractivity contribution >= 4 is 5.97 Å². The number of carbonyl (C=O) groups is 1. The lowest BCUT2D eigenvalue weighted by Gasteiger charge is -2.43. The third-order valence-electron chi connectivity index (χ3n) is 4.97. The number of nitrogens with zero attached hydrogens (tertiary/aromatic N) is 1. The number of likely N-dealkylation sites (tertiary alicyclic amines) is 1. The van der Waals surface area contributed by atoms with Crippen molar-refractivity contribution in [2.24, 2.45) is 11.7 Å². The molecule has 2 rings (SSSR count). The number of esters is 1. The molecule has 2 fully saturated rings. The number of ether oxygens (including phenoxy) is 1. The number of fused-ring (bicyclic) bond motifs is 1. The minimum Gasteiger partial charge on any atom is -0.468 e. The van der Waals surface area contributed by atoms with Crippen molar-refractivity contribution in [2.45, 2.75) is 70.0 Å². The Bertz CT molecular complexity index is 330. The Morgan fingerprint density at radius 3 is 2.79 bits per heavy atom. The molecule has 1 aliphatic heterocycles. The van der Waals surface area contributed by atoms with E-state index in [9.17, 15) is 4.79 Å². The van der Waals surface area contributed by atoms with Crippen LogP contribution in [0.3, 0.4) is 0 Å². The lowest BCUT2D eigenvalue weighted by atomic mass is 9.87. The van der Waals surface area contributed by atoms with E-state index < -0.39 is 5.54 Å². The van der Waals surface area contributed by atoms with Crippen LogP contribution >= 0.6 is 0 Å². The van der Waals surface area contributed by atoms with E-state index in [0.29, 0.717) is 12.5 Å². The van der Waals surface area contributed by atoms with Gasteiger partial charge in [0.2, 0.25) is 0 Å². The van der Waals surface area contributed by atoms with Crippen molar-refractivity contribution < 1.29 is 9.53 Å². The summed E-state index contributed by atoms with van der Waals surface area (Å²) in [6.45, 7) is 5.14. The average molecular weight is 268 g/mol. The molecule has 0 bridgehead atoms. The van der Waals surface area contributed by atoms with Gasteiger partial charge in [0.05, 0.1) is 7.11 Å². The summed E-state index contributed by atoms with van der Waals surface area (Å²) in [5.74, 6) is 0.567. The normalized spacial score (nSPS) is 32.4. The molecule has 0 aromatic carbocycles. The summed E-state index contributed by atoms with van der Waals surface area (Å²) in [6.07, 6.45) is 7.38. The molecule has 0 spiro atoms. The van der Waals surface area contributed by atoms with Crippen LogP contribution < -0.4 is 5.73 Å². The van der Waals surface area contributed by atoms with Crippen molar-refractivity contribution in [1.29, 1.82) is 0 Å². The number of carbonyl (C=O) groups excluding carboxylic acids is 1. The number of hydrogen-bond acceptors (Lipinski definition) is 4. The van der Waals surface area contributed by atoms with Crippen molar-refractivity contribution in [3.8, 4) is 0 Å². The van der Waals surface area contributed by atoms with Crippen LogP contribution in [0.25, 0.3) is 0 Å². The SMILES string of the molecule is COC(=O)C(C)(N)CC(C)N1CCCC2CCCC21. The predicted molar refractivity (Wildman–Crippen MR) is 75.8 cm³/mol. The fraction of sp³-hybridized carbons (Fsp3) is 0.933. The average Bonchev–Trinajstić information content (AvgIpc) is 2.84. The third-order valence-corrected chi connectivity index (χ3v) is 4.97. The molecular weight excluding hydrogens is 240 g/mol. The lowest BCUT2D eigenvalue weighted by Crippen LogP contribution is -2.54. The number of piperidine rings is 1. The standard InChI is InChI=1S/C15H28N2O2/c1-11(10-15(2,16)14(18)19-3)17-9-5-7-12-6-4-8-13(12)17/h11-13H,4-10,16H2,1-3H3. The van der Waals surface area contributed by atoms with Gasteiger partial charge in [-0.05, 0) is 58.4 Å². The molecule has 4 unspecified atom stereocenters. The summed E-state index contributed by atoms with van der Waals surface area (Å²) in [7, 11) is 1.41. The highest BCUT2D eigenvalue weighted by molar-refractivity contribution is 5.79. The van der Waals surface area contributed by atoms with Gasteiger partial charge in [-0.25, -0.2) is 0 Å². The van der Waals surface area contributed by atoms with Gasteiger partial charge in [0, 0.05) is 12.1 Å². The maximum absolute atomic E-state index is 11.7. The van der Waals surface area contributed by atoms with Gasteiger partial charge in [0.25, 0.3) is 0 Å². The van der Waals surface area contributed by atoms with Crippen LogP contribution in [0.4, 0.5) is 0 Å². The Morgan fingerprint density at radius 1 is 1.42 bits per heavy atom. The quantitative estimate of drug-likeness (QED) is 0.791. The Hall–Kier alpha value is -0.610. The van der Waals surface area contributed by atoms with Crippen LogP contribution in [0, 0.1) is 5.92 Å². The van der Waals surface area contributed by atoms with Crippen LogP contribution in [0.1, 0.15) is 52.4 Å². The lowest BCUT2D eigenvalue weighted by molar-refractivity contribution is -0.147. The zero-order valence-electron chi connectivity index (χ0n) is 12.5. The molecule has 4 nitrogen and oxygen atoms in total.